The molecule has 8 atom stereocenters. The predicted molar refractivity (Wildman–Crippen MR) is 116 cm³/mol. The zero-order chi connectivity index (χ0) is 23.1. The summed E-state index contributed by atoms with van der Waals surface area (Å²) in [6.45, 7) is 8.07. The Bertz CT molecular complexity index is 891. The predicted octanol–water partition coefficient (Wildman–Crippen LogP) is 3.74. The van der Waals surface area contributed by atoms with Gasteiger partial charge in [-0.25, -0.2) is 0 Å². The summed E-state index contributed by atoms with van der Waals surface area (Å²) in [6.07, 6.45) is 6.28. The molecule has 1 N–H and O–H groups in total. The number of esters is 2. The molecule has 6 nitrogen and oxygen atoms in total. The van der Waals surface area contributed by atoms with E-state index in [0.29, 0.717) is 19.3 Å². The van der Waals surface area contributed by atoms with Crippen LogP contribution in [0.1, 0.15) is 79.1 Å². The molecule has 6 heteroatoms. The smallest absolute Gasteiger partial charge is 0.312 e. The lowest BCUT2D eigenvalue weighted by Gasteiger charge is -2.61. The van der Waals surface area contributed by atoms with Gasteiger partial charge >= 0.3 is 11.9 Å². The van der Waals surface area contributed by atoms with Crippen molar-refractivity contribution in [2.75, 3.05) is 0 Å². The second kappa shape index (κ2) is 7.15. The van der Waals surface area contributed by atoms with Crippen LogP contribution in [0.4, 0.5) is 0 Å². The summed E-state index contributed by atoms with van der Waals surface area (Å²) in [7, 11) is 0. The number of carbonyl (C=O) groups excluding carboxylic acids is 3. The third kappa shape index (κ3) is 2.83. The maximum atomic E-state index is 13.4. The Morgan fingerprint density at radius 3 is 2.47 bits per heavy atom. The van der Waals surface area contributed by atoms with Crippen molar-refractivity contribution in [1.29, 1.82) is 0 Å². The summed E-state index contributed by atoms with van der Waals surface area (Å²) in [5, 5.41) is 11.6. The van der Waals surface area contributed by atoms with Crippen molar-refractivity contribution < 1.29 is 29.0 Å². The van der Waals surface area contributed by atoms with Crippen LogP contribution in [0.3, 0.4) is 0 Å². The first-order chi connectivity index (χ1) is 15.0. The lowest BCUT2D eigenvalue weighted by molar-refractivity contribution is -0.188. The van der Waals surface area contributed by atoms with Gasteiger partial charge < -0.3 is 14.6 Å². The third-order valence-corrected chi connectivity index (χ3v) is 10.0. The van der Waals surface area contributed by atoms with Gasteiger partial charge in [-0.15, -0.1) is 0 Å². The summed E-state index contributed by atoms with van der Waals surface area (Å²) >= 11 is 0. The fourth-order valence-corrected chi connectivity index (χ4v) is 8.50. The topological polar surface area (TPSA) is 89.9 Å². The van der Waals surface area contributed by atoms with E-state index < -0.39 is 17.6 Å². The van der Waals surface area contributed by atoms with Gasteiger partial charge in [-0.2, -0.15) is 0 Å². The molecule has 6 unspecified atom stereocenters. The number of aliphatic hydroxyl groups excluding tert-OH is 1. The highest BCUT2D eigenvalue weighted by Gasteiger charge is 2.70. The molecule has 0 aromatic carbocycles. The molecule has 0 amide bonds. The molecule has 1 saturated heterocycles. The van der Waals surface area contributed by atoms with Crippen LogP contribution in [0.2, 0.25) is 0 Å². The average Bonchev–Trinajstić information content (AvgIpc) is 3.23. The quantitative estimate of drug-likeness (QED) is 0.653. The van der Waals surface area contributed by atoms with Crippen molar-refractivity contribution in [1.82, 2.24) is 0 Å². The van der Waals surface area contributed by atoms with Crippen molar-refractivity contribution in [2.45, 2.75) is 96.9 Å². The fraction of sp³-hybridized carbons (Fsp3) is 0.808. The van der Waals surface area contributed by atoms with Crippen molar-refractivity contribution >= 4 is 17.7 Å². The number of hydrogen-bond donors (Lipinski definition) is 1. The normalized spacial score (nSPS) is 47.6. The first kappa shape index (κ1) is 22.1. The largest absolute Gasteiger partial charge is 0.463 e. The highest BCUT2D eigenvalue weighted by atomic mass is 16.6. The van der Waals surface area contributed by atoms with Crippen LogP contribution in [0.5, 0.6) is 0 Å². The second-order valence-corrected chi connectivity index (χ2v) is 11.7. The van der Waals surface area contributed by atoms with Gasteiger partial charge in [0, 0.05) is 18.3 Å². The molecular formula is C26H36O6. The molecule has 0 aromatic heterocycles. The number of rotatable bonds is 2. The van der Waals surface area contributed by atoms with E-state index in [1.165, 1.54) is 0 Å². The van der Waals surface area contributed by atoms with Gasteiger partial charge in [0.2, 0.25) is 0 Å². The highest BCUT2D eigenvalue weighted by Crippen LogP contribution is 2.70. The average molecular weight is 445 g/mol. The van der Waals surface area contributed by atoms with Gasteiger partial charge in [-0.1, -0.05) is 13.8 Å². The molecule has 32 heavy (non-hydrogen) atoms. The summed E-state index contributed by atoms with van der Waals surface area (Å²) < 4.78 is 11.7. The number of ketones is 1. The first-order valence-electron chi connectivity index (χ1n) is 12.4. The van der Waals surface area contributed by atoms with Crippen LogP contribution in [-0.2, 0) is 23.9 Å². The van der Waals surface area contributed by atoms with Crippen molar-refractivity contribution in [3.05, 3.63) is 11.6 Å². The van der Waals surface area contributed by atoms with Crippen molar-refractivity contribution in [3.8, 4) is 0 Å². The minimum absolute atomic E-state index is 0.0317. The molecular weight excluding hydrogens is 408 g/mol. The number of hydrogen-bond acceptors (Lipinski definition) is 6. The Hall–Kier alpha value is -1.69. The first-order valence-corrected chi connectivity index (χ1v) is 12.4. The number of ether oxygens (including phenoxy) is 2. The van der Waals surface area contributed by atoms with Crippen LogP contribution in [0.15, 0.2) is 11.6 Å². The van der Waals surface area contributed by atoms with Gasteiger partial charge in [-0.05, 0) is 87.2 Å². The standard InChI is InChI=1S/C26H36O6/c1-14(2)31-23(30)21-20-16(24(3)9-5-15(27)13-18(24)22(21)29)6-10-25(4)17(20)7-11-26(25)12-8-19(28)32-26/h13-14,16-17,20-22,29H,5-12H2,1-4H3/t16?,17?,20?,21-,22?,24?,25?,26+/m0/s1. The Balaban J connectivity index is 1.60. The van der Waals surface area contributed by atoms with Gasteiger partial charge in [0.1, 0.15) is 5.60 Å². The molecule has 4 fully saturated rings. The minimum Gasteiger partial charge on any atom is -0.463 e. The van der Waals surface area contributed by atoms with E-state index in [2.05, 4.69) is 13.8 Å². The molecule has 1 spiro atoms. The molecule has 1 heterocycles. The maximum Gasteiger partial charge on any atom is 0.312 e. The highest BCUT2D eigenvalue weighted by molar-refractivity contribution is 5.92. The summed E-state index contributed by atoms with van der Waals surface area (Å²) in [4.78, 5) is 37.9. The maximum absolute atomic E-state index is 13.4. The number of aliphatic hydroxyl groups is 1. The lowest BCUT2D eigenvalue weighted by Crippen LogP contribution is -2.61. The van der Waals surface area contributed by atoms with Crippen LogP contribution < -0.4 is 0 Å². The van der Waals surface area contributed by atoms with E-state index in [4.69, 9.17) is 9.47 Å². The van der Waals surface area contributed by atoms with E-state index in [0.717, 1.165) is 37.7 Å². The van der Waals surface area contributed by atoms with Crippen LogP contribution in [-0.4, -0.2) is 40.6 Å². The Kier molecular flexibility index (Phi) is 4.94. The van der Waals surface area contributed by atoms with Gasteiger partial charge in [-0.3, -0.25) is 14.4 Å². The monoisotopic (exact) mass is 444 g/mol. The van der Waals surface area contributed by atoms with Crippen molar-refractivity contribution in [2.24, 2.45) is 34.5 Å². The molecule has 176 valence electrons. The number of fused-ring (bicyclic) bond motifs is 6. The molecule has 4 aliphatic carbocycles. The van der Waals surface area contributed by atoms with E-state index in [-0.39, 0.29) is 52.4 Å². The van der Waals surface area contributed by atoms with Crippen LogP contribution in [0.25, 0.3) is 0 Å². The SMILES string of the molecule is CC(C)OC(=O)[C@@H]1C(O)C2=CC(=O)CCC2(C)C2CCC3(C)C(CC[C@@]34CCC(=O)O4)C21. The Morgan fingerprint density at radius 2 is 1.81 bits per heavy atom. The zero-order valence-corrected chi connectivity index (χ0v) is 19.7. The van der Waals surface area contributed by atoms with Gasteiger partial charge in [0.25, 0.3) is 0 Å². The van der Waals surface area contributed by atoms with E-state index in [9.17, 15) is 19.5 Å². The molecule has 0 aromatic rings. The molecule has 5 rings (SSSR count). The minimum atomic E-state index is -1.01. The molecule has 0 bridgehead atoms. The fourth-order valence-electron chi connectivity index (χ4n) is 8.50. The van der Waals surface area contributed by atoms with E-state index >= 15 is 0 Å². The molecule has 0 radical (unpaired) electrons. The third-order valence-electron chi connectivity index (χ3n) is 10.0. The Morgan fingerprint density at radius 1 is 1.09 bits per heavy atom. The second-order valence-electron chi connectivity index (χ2n) is 11.7. The van der Waals surface area contributed by atoms with Crippen LogP contribution >= 0.6 is 0 Å². The Labute approximate surface area is 190 Å². The number of carbonyl (C=O) groups is 3. The van der Waals surface area contributed by atoms with E-state index in [1.54, 1.807) is 6.08 Å². The summed E-state index contributed by atoms with van der Waals surface area (Å²) in [6, 6.07) is 0. The molecule has 3 saturated carbocycles. The van der Waals surface area contributed by atoms with Crippen LogP contribution in [0, 0.1) is 34.5 Å². The molecule has 1 aliphatic heterocycles. The van der Waals surface area contributed by atoms with Gasteiger partial charge in [0.15, 0.2) is 5.78 Å². The van der Waals surface area contributed by atoms with E-state index in [1.807, 2.05) is 13.8 Å². The zero-order valence-electron chi connectivity index (χ0n) is 19.7. The summed E-state index contributed by atoms with van der Waals surface area (Å²) in [5.74, 6) is -0.825. The lowest BCUT2D eigenvalue weighted by atomic mass is 9.43. The van der Waals surface area contributed by atoms with Crippen molar-refractivity contribution in [3.63, 3.8) is 0 Å². The summed E-state index contributed by atoms with van der Waals surface area (Å²) in [5.41, 5.74) is -0.227. The molecule has 5 aliphatic rings. The van der Waals surface area contributed by atoms with Gasteiger partial charge in [0.05, 0.1) is 18.1 Å².